The summed E-state index contributed by atoms with van der Waals surface area (Å²) in [7, 11) is 0. The first-order chi connectivity index (χ1) is 26.1. The molecule has 0 aliphatic rings. The van der Waals surface area contributed by atoms with Gasteiger partial charge in [0.25, 0.3) is 17.7 Å². The Hall–Kier alpha value is -7.26. The third-order valence-corrected chi connectivity index (χ3v) is 7.51. The fraction of sp³-hybridized carbons (Fsp3) is 0.150. The average molecular weight is 728 g/mol. The lowest BCUT2D eigenvalue weighted by atomic mass is 10.1. The largest absolute Gasteiger partial charge is 0.352 e. The Balaban J connectivity index is 1.30. The van der Waals surface area contributed by atoms with E-state index in [9.17, 15) is 34.0 Å². The normalized spacial score (nSPS) is 11.1. The maximum atomic E-state index is 13.1. The number of nitrogens with one attached hydrogen (secondary N) is 6. The molecule has 0 saturated carbocycles. The van der Waals surface area contributed by atoms with Gasteiger partial charge in [0.2, 0.25) is 17.7 Å². The Morgan fingerprint density at radius 3 is 1.31 bits per heavy atom. The van der Waals surface area contributed by atoms with Crippen LogP contribution in [-0.2, 0) is 19.2 Å². The Kier molecular flexibility index (Phi) is 15.0. The SMILES string of the molecule is NCC(=O)NC[C@H](NC(=O)c1ccc(C#Cc2ccccc2)cc1)C(=O)NCC(=O)NC[C@H](NC(=O)c1ccc(C#Cc2ccccc2)cc1)C(=O)NO. The van der Waals surface area contributed by atoms with Crippen LogP contribution in [0.1, 0.15) is 43.0 Å². The predicted octanol–water partition coefficient (Wildman–Crippen LogP) is 0.196. The van der Waals surface area contributed by atoms with Gasteiger partial charge in [0.15, 0.2) is 0 Å². The van der Waals surface area contributed by atoms with E-state index in [1.807, 2.05) is 60.7 Å². The fourth-order valence-corrected chi connectivity index (χ4v) is 4.58. The van der Waals surface area contributed by atoms with Gasteiger partial charge in [-0.15, -0.1) is 0 Å². The summed E-state index contributed by atoms with van der Waals surface area (Å²) in [5.74, 6) is 7.57. The highest BCUT2D eigenvalue weighted by Gasteiger charge is 2.24. The predicted molar refractivity (Wildman–Crippen MR) is 198 cm³/mol. The summed E-state index contributed by atoms with van der Waals surface area (Å²) in [6.07, 6.45) is 0. The summed E-state index contributed by atoms with van der Waals surface area (Å²) in [6.45, 7) is -1.74. The standard InChI is InChI=1S/C40H37N7O7/c41-23-35(48)42-24-33(45-37(50)31-19-15-29(16-20-31)13-11-27-7-3-1-4-8-27)39(52)44-26-36(49)43-25-34(40(53)47-54)46-38(51)32-21-17-30(18-22-32)14-12-28-9-5-2-6-10-28/h1-10,15-22,33-34,54H,23-26,41H2,(H,42,48)(H,43,49)(H,44,52)(H,45,50)(H,46,51)(H,47,53)/t33-,34-/m0/s1. The monoisotopic (exact) mass is 727 g/mol. The fourth-order valence-electron chi connectivity index (χ4n) is 4.58. The van der Waals surface area contributed by atoms with Crippen molar-refractivity contribution in [3.05, 3.63) is 143 Å². The van der Waals surface area contributed by atoms with Crippen molar-refractivity contribution in [1.29, 1.82) is 0 Å². The van der Waals surface area contributed by atoms with Crippen LogP contribution in [0.3, 0.4) is 0 Å². The van der Waals surface area contributed by atoms with Gasteiger partial charge >= 0.3 is 0 Å². The number of hydrogen-bond donors (Lipinski definition) is 8. The number of benzene rings is 4. The minimum absolute atomic E-state index is 0.192. The molecule has 2 atom stereocenters. The van der Waals surface area contributed by atoms with Crippen molar-refractivity contribution in [3.63, 3.8) is 0 Å². The van der Waals surface area contributed by atoms with Gasteiger partial charge in [0.1, 0.15) is 12.1 Å². The number of carbonyl (C=O) groups excluding carboxylic acids is 6. The van der Waals surface area contributed by atoms with Crippen LogP contribution in [0.25, 0.3) is 0 Å². The topological polar surface area (TPSA) is 221 Å². The van der Waals surface area contributed by atoms with E-state index >= 15 is 0 Å². The summed E-state index contributed by atoms with van der Waals surface area (Å²) < 4.78 is 0. The molecule has 0 unspecified atom stereocenters. The second kappa shape index (κ2) is 20.6. The van der Waals surface area contributed by atoms with Gasteiger partial charge in [-0.25, -0.2) is 5.48 Å². The Bertz CT molecular complexity index is 2070. The third-order valence-electron chi connectivity index (χ3n) is 7.51. The van der Waals surface area contributed by atoms with Gasteiger partial charge in [-0.05, 0) is 72.8 Å². The van der Waals surface area contributed by atoms with Crippen LogP contribution in [0.5, 0.6) is 0 Å². The molecule has 0 spiro atoms. The molecule has 0 radical (unpaired) electrons. The lowest BCUT2D eigenvalue weighted by Crippen LogP contribution is -2.55. The summed E-state index contributed by atoms with van der Waals surface area (Å²) in [6, 6.07) is 28.6. The quantitative estimate of drug-likeness (QED) is 0.0539. The van der Waals surface area contributed by atoms with Crippen LogP contribution >= 0.6 is 0 Å². The average Bonchev–Trinajstić information content (AvgIpc) is 3.21. The van der Waals surface area contributed by atoms with Crippen LogP contribution in [0.4, 0.5) is 0 Å². The van der Waals surface area contributed by atoms with Crippen molar-refractivity contribution in [2.75, 3.05) is 26.2 Å². The van der Waals surface area contributed by atoms with Gasteiger partial charge in [0, 0.05) is 46.5 Å². The first-order valence-corrected chi connectivity index (χ1v) is 16.6. The van der Waals surface area contributed by atoms with E-state index in [1.54, 1.807) is 24.3 Å². The maximum Gasteiger partial charge on any atom is 0.267 e. The maximum absolute atomic E-state index is 13.1. The van der Waals surface area contributed by atoms with Crippen LogP contribution in [-0.4, -0.2) is 78.9 Å². The van der Waals surface area contributed by atoms with Gasteiger partial charge in [-0.1, -0.05) is 60.1 Å². The molecular formula is C40H37N7O7. The van der Waals surface area contributed by atoms with E-state index in [4.69, 9.17) is 5.73 Å². The zero-order chi connectivity index (χ0) is 38.7. The Morgan fingerprint density at radius 2 is 0.907 bits per heavy atom. The van der Waals surface area contributed by atoms with Gasteiger partial charge < -0.3 is 32.3 Å². The molecule has 0 aliphatic heterocycles. The highest BCUT2D eigenvalue weighted by Crippen LogP contribution is 2.07. The number of carbonyl (C=O) groups is 6. The molecule has 0 saturated heterocycles. The highest BCUT2D eigenvalue weighted by molar-refractivity contribution is 5.99. The van der Waals surface area contributed by atoms with Crippen molar-refractivity contribution in [3.8, 4) is 23.7 Å². The van der Waals surface area contributed by atoms with Crippen LogP contribution in [0.15, 0.2) is 109 Å². The smallest absolute Gasteiger partial charge is 0.267 e. The van der Waals surface area contributed by atoms with Crippen molar-refractivity contribution < 1.29 is 34.0 Å². The van der Waals surface area contributed by atoms with Gasteiger partial charge in [-0.3, -0.25) is 34.0 Å². The molecule has 54 heavy (non-hydrogen) atoms. The van der Waals surface area contributed by atoms with Gasteiger partial charge in [0.05, 0.1) is 13.1 Å². The van der Waals surface area contributed by atoms with E-state index in [0.29, 0.717) is 11.1 Å². The number of nitrogens with two attached hydrogens (primary N) is 1. The van der Waals surface area contributed by atoms with Crippen LogP contribution in [0.2, 0.25) is 0 Å². The lowest BCUT2D eigenvalue weighted by molar-refractivity contribution is -0.131. The summed E-state index contributed by atoms with van der Waals surface area (Å²) in [5, 5.41) is 21.4. The molecular weight excluding hydrogens is 690 g/mol. The van der Waals surface area contributed by atoms with Crippen LogP contribution in [0, 0.1) is 23.7 Å². The van der Waals surface area contributed by atoms with Crippen molar-refractivity contribution in [1.82, 2.24) is 32.1 Å². The van der Waals surface area contributed by atoms with Crippen molar-refractivity contribution in [2.45, 2.75) is 12.1 Å². The number of rotatable bonds is 13. The summed E-state index contributed by atoms with van der Waals surface area (Å²) in [4.78, 5) is 75.7. The summed E-state index contributed by atoms with van der Waals surface area (Å²) in [5.41, 5.74) is 10.2. The molecule has 274 valence electrons. The molecule has 14 heteroatoms. The highest BCUT2D eigenvalue weighted by atomic mass is 16.5. The summed E-state index contributed by atoms with van der Waals surface area (Å²) >= 11 is 0. The first-order valence-electron chi connectivity index (χ1n) is 16.6. The molecule has 9 N–H and O–H groups in total. The molecule has 0 heterocycles. The zero-order valence-electron chi connectivity index (χ0n) is 28.8. The van der Waals surface area contributed by atoms with E-state index in [1.165, 1.54) is 29.7 Å². The number of hydroxylamine groups is 1. The second-order valence-corrected chi connectivity index (χ2v) is 11.4. The van der Waals surface area contributed by atoms with Crippen LogP contribution < -0.4 is 37.8 Å². The first kappa shape index (κ1) is 39.5. The molecule has 4 rings (SSSR count). The molecule has 0 fully saturated rings. The molecule has 0 bridgehead atoms. The molecule has 4 aromatic rings. The number of hydrogen-bond acceptors (Lipinski definition) is 8. The minimum atomic E-state index is -1.39. The third kappa shape index (κ3) is 12.8. The van der Waals surface area contributed by atoms with Crippen molar-refractivity contribution >= 4 is 35.4 Å². The molecule has 0 aliphatic carbocycles. The van der Waals surface area contributed by atoms with E-state index in [-0.39, 0.29) is 24.2 Å². The molecule has 14 nitrogen and oxygen atoms in total. The minimum Gasteiger partial charge on any atom is -0.352 e. The van der Waals surface area contributed by atoms with E-state index in [2.05, 4.69) is 50.3 Å². The lowest BCUT2D eigenvalue weighted by Gasteiger charge is -2.20. The number of amides is 6. The molecule has 4 aromatic carbocycles. The molecule has 6 amide bonds. The second-order valence-electron chi connectivity index (χ2n) is 11.4. The molecule has 0 aromatic heterocycles. The van der Waals surface area contributed by atoms with E-state index < -0.39 is 60.6 Å². The van der Waals surface area contributed by atoms with Crippen molar-refractivity contribution in [2.24, 2.45) is 5.73 Å². The Labute approximate surface area is 311 Å². The van der Waals surface area contributed by atoms with Gasteiger partial charge in [-0.2, -0.15) is 0 Å². The Morgan fingerprint density at radius 1 is 0.519 bits per heavy atom. The van der Waals surface area contributed by atoms with E-state index in [0.717, 1.165) is 11.1 Å². The zero-order valence-corrected chi connectivity index (χ0v) is 28.8.